The highest BCUT2D eigenvalue weighted by molar-refractivity contribution is 5.91. The first-order valence-corrected chi connectivity index (χ1v) is 6.88. The van der Waals surface area contributed by atoms with E-state index in [4.69, 9.17) is 4.42 Å². The van der Waals surface area contributed by atoms with E-state index in [1.165, 1.54) is 6.26 Å². The smallest absolute Gasteiger partial charge is 0.287 e. The maximum absolute atomic E-state index is 11.6. The summed E-state index contributed by atoms with van der Waals surface area (Å²) in [6.45, 7) is 0.774. The molecule has 0 aliphatic carbocycles. The van der Waals surface area contributed by atoms with Crippen LogP contribution in [0.4, 0.5) is 0 Å². The number of benzene rings is 1. The van der Waals surface area contributed by atoms with E-state index < -0.39 is 0 Å². The number of furan rings is 1. The van der Waals surface area contributed by atoms with Gasteiger partial charge in [-0.1, -0.05) is 30.3 Å². The molecule has 0 aliphatic rings. The van der Waals surface area contributed by atoms with Crippen LogP contribution in [0.5, 0.6) is 0 Å². The fourth-order valence-electron chi connectivity index (χ4n) is 1.86. The number of amides is 2. The van der Waals surface area contributed by atoms with E-state index in [9.17, 15) is 9.59 Å². The number of aryl methyl sites for hydroxylation is 1. The molecule has 0 saturated carbocycles. The van der Waals surface area contributed by atoms with E-state index in [1.807, 2.05) is 30.3 Å². The lowest BCUT2D eigenvalue weighted by Crippen LogP contribution is -2.34. The average molecular weight is 286 g/mol. The van der Waals surface area contributed by atoms with Crippen molar-refractivity contribution in [1.82, 2.24) is 10.6 Å². The van der Waals surface area contributed by atoms with Gasteiger partial charge in [0.1, 0.15) is 0 Å². The summed E-state index contributed by atoms with van der Waals surface area (Å²) in [5.74, 6) is -0.0324. The zero-order chi connectivity index (χ0) is 14.9. The number of nitrogens with one attached hydrogen (secondary N) is 2. The molecule has 0 saturated heterocycles. The van der Waals surface area contributed by atoms with Crippen LogP contribution in [0.25, 0.3) is 0 Å². The second kappa shape index (κ2) is 7.89. The minimum absolute atomic E-state index is 0.0221. The molecule has 0 radical (unpaired) electrons. The molecule has 0 bridgehead atoms. The Balaban J connectivity index is 1.58. The lowest BCUT2D eigenvalue weighted by molar-refractivity contribution is -0.121. The molecule has 2 rings (SSSR count). The SMILES string of the molecule is O=C(CCc1ccccc1)NCCNC(=O)c1ccco1. The van der Waals surface area contributed by atoms with Crippen molar-refractivity contribution in [2.24, 2.45) is 0 Å². The third-order valence-electron chi connectivity index (χ3n) is 2.96. The third kappa shape index (κ3) is 5.14. The van der Waals surface area contributed by atoms with Crippen LogP contribution in [0.1, 0.15) is 22.5 Å². The first kappa shape index (κ1) is 14.8. The first-order chi connectivity index (χ1) is 10.3. The molecule has 0 unspecified atom stereocenters. The molecule has 21 heavy (non-hydrogen) atoms. The van der Waals surface area contributed by atoms with Crippen molar-refractivity contribution in [2.45, 2.75) is 12.8 Å². The highest BCUT2D eigenvalue weighted by atomic mass is 16.3. The molecular formula is C16H18N2O3. The molecule has 110 valence electrons. The zero-order valence-corrected chi connectivity index (χ0v) is 11.7. The molecule has 0 aliphatic heterocycles. The molecule has 1 aromatic heterocycles. The summed E-state index contributed by atoms with van der Waals surface area (Å²) in [5, 5.41) is 5.44. The number of hydrogen-bond acceptors (Lipinski definition) is 3. The van der Waals surface area contributed by atoms with E-state index in [1.54, 1.807) is 12.1 Å². The molecule has 1 aromatic carbocycles. The van der Waals surface area contributed by atoms with Crippen LogP contribution in [0.2, 0.25) is 0 Å². The van der Waals surface area contributed by atoms with E-state index in [-0.39, 0.29) is 17.6 Å². The van der Waals surface area contributed by atoms with Crippen molar-refractivity contribution in [3.05, 3.63) is 60.1 Å². The predicted octanol–water partition coefficient (Wildman–Crippen LogP) is 1.76. The van der Waals surface area contributed by atoms with Crippen LogP contribution in [0, 0.1) is 0 Å². The maximum atomic E-state index is 11.6. The number of hydrogen-bond donors (Lipinski definition) is 2. The molecule has 2 amide bonds. The van der Waals surface area contributed by atoms with Crippen LogP contribution in [0.3, 0.4) is 0 Å². The molecule has 1 heterocycles. The zero-order valence-electron chi connectivity index (χ0n) is 11.7. The highest BCUT2D eigenvalue weighted by Gasteiger charge is 2.07. The Bertz CT molecular complexity index is 564. The van der Waals surface area contributed by atoms with Gasteiger partial charge in [0, 0.05) is 19.5 Å². The number of rotatable bonds is 7. The lowest BCUT2D eigenvalue weighted by atomic mass is 10.1. The second-order valence-corrected chi connectivity index (χ2v) is 4.57. The van der Waals surface area contributed by atoms with Gasteiger partial charge >= 0.3 is 0 Å². The topological polar surface area (TPSA) is 71.3 Å². The average Bonchev–Trinajstić information content (AvgIpc) is 3.05. The van der Waals surface area contributed by atoms with Crippen molar-refractivity contribution < 1.29 is 14.0 Å². The molecule has 5 heteroatoms. The highest BCUT2D eigenvalue weighted by Crippen LogP contribution is 2.02. The standard InChI is InChI=1S/C16H18N2O3/c19-15(9-8-13-5-2-1-3-6-13)17-10-11-18-16(20)14-7-4-12-21-14/h1-7,12H,8-11H2,(H,17,19)(H,18,20). The Morgan fingerprint density at radius 3 is 2.43 bits per heavy atom. The third-order valence-corrected chi connectivity index (χ3v) is 2.96. The van der Waals surface area contributed by atoms with E-state index in [0.29, 0.717) is 25.9 Å². The molecule has 2 N–H and O–H groups in total. The van der Waals surface area contributed by atoms with Crippen LogP contribution in [0.15, 0.2) is 53.1 Å². The van der Waals surface area contributed by atoms with Gasteiger partial charge in [0.25, 0.3) is 5.91 Å². The van der Waals surface area contributed by atoms with Crippen molar-refractivity contribution in [3.63, 3.8) is 0 Å². The Morgan fingerprint density at radius 2 is 1.71 bits per heavy atom. The summed E-state index contributed by atoms with van der Waals surface area (Å²) >= 11 is 0. The van der Waals surface area contributed by atoms with Gasteiger partial charge in [0.05, 0.1) is 6.26 Å². The largest absolute Gasteiger partial charge is 0.459 e. The second-order valence-electron chi connectivity index (χ2n) is 4.57. The van der Waals surface area contributed by atoms with Gasteiger partial charge in [-0.2, -0.15) is 0 Å². The van der Waals surface area contributed by atoms with Crippen LogP contribution < -0.4 is 10.6 Å². The molecule has 5 nitrogen and oxygen atoms in total. The van der Waals surface area contributed by atoms with Gasteiger partial charge in [0.2, 0.25) is 5.91 Å². The Labute approximate surface area is 123 Å². The van der Waals surface area contributed by atoms with E-state index in [0.717, 1.165) is 5.56 Å². The minimum Gasteiger partial charge on any atom is -0.459 e. The van der Waals surface area contributed by atoms with Crippen molar-refractivity contribution in [3.8, 4) is 0 Å². The summed E-state index contributed by atoms with van der Waals surface area (Å²) in [6, 6.07) is 13.1. The lowest BCUT2D eigenvalue weighted by Gasteiger charge is -2.06. The monoisotopic (exact) mass is 286 g/mol. The van der Waals surface area contributed by atoms with Crippen molar-refractivity contribution in [1.29, 1.82) is 0 Å². The summed E-state index contributed by atoms with van der Waals surface area (Å²) in [4.78, 5) is 23.2. The fourth-order valence-corrected chi connectivity index (χ4v) is 1.86. The summed E-state index contributed by atoms with van der Waals surface area (Å²) in [6.07, 6.45) is 2.60. The maximum Gasteiger partial charge on any atom is 0.287 e. The quantitative estimate of drug-likeness (QED) is 0.762. The summed E-state index contributed by atoms with van der Waals surface area (Å²) in [5.41, 5.74) is 1.14. The van der Waals surface area contributed by atoms with Crippen LogP contribution in [-0.4, -0.2) is 24.9 Å². The van der Waals surface area contributed by atoms with Crippen molar-refractivity contribution >= 4 is 11.8 Å². The van der Waals surface area contributed by atoms with Gasteiger partial charge in [-0.15, -0.1) is 0 Å². The number of carbonyl (C=O) groups excluding carboxylic acids is 2. The van der Waals surface area contributed by atoms with Crippen LogP contribution >= 0.6 is 0 Å². The minimum atomic E-state index is -0.279. The van der Waals surface area contributed by atoms with E-state index in [2.05, 4.69) is 10.6 Å². The summed E-state index contributed by atoms with van der Waals surface area (Å²) < 4.78 is 4.96. The molecule has 0 spiro atoms. The van der Waals surface area contributed by atoms with Gasteiger partial charge < -0.3 is 15.1 Å². The molecular weight excluding hydrogens is 268 g/mol. The van der Waals surface area contributed by atoms with Gasteiger partial charge in [-0.05, 0) is 24.1 Å². The Hall–Kier alpha value is -2.56. The Morgan fingerprint density at radius 1 is 0.952 bits per heavy atom. The summed E-state index contributed by atoms with van der Waals surface area (Å²) in [7, 11) is 0. The normalized spacial score (nSPS) is 10.1. The molecule has 0 atom stereocenters. The fraction of sp³-hybridized carbons (Fsp3) is 0.250. The molecule has 2 aromatic rings. The van der Waals surface area contributed by atoms with Gasteiger partial charge in [-0.3, -0.25) is 9.59 Å². The predicted molar refractivity (Wildman–Crippen MR) is 78.8 cm³/mol. The Kier molecular flexibility index (Phi) is 5.58. The van der Waals surface area contributed by atoms with Crippen molar-refractivity contribution in [2.75, 3.05) is 13.1 Å². The molecule has 0 fully saturated rings. The van der Waals surface area contributed by atoms with Gasteiger partial charge in [-0.25, -0.2) is 0 Å². The van der Waals surface area contributed by atoms with Gasteiger partial charge in [0.15, 0.2) is 5.76 Å². The first-order valence-electron chi connectivity index (χ1n) is 6.88. The van der Waals surface area contributed by atoms with E-state index >= 15 is 0 Å². The number of carbonyl (C=O) groups is 2. The van der Waals surface area contributed by atoms with Crippen LogP contribution in [-0.2, 0) is 11.2 Å².